The molecular formula is C31H39N3O5S. The van der Waals surface area contributed by atoms with E-state index in [9.17, 15) is 18.0 Å². The Morgan fingerprint density at radius 3 is 2.23 bits per heavy atom. The first-order valence-corrected chi connectivity index (χ1v) is 14.8. The van der Waals surface area contributed by atoms with Crippen molar-refractivity contribution in [1.29, 1.82) is 0 Å². The predicted molar refractivity (Wildman–Crippen MR) is 158 cm³/mol. The first-order chi connectivity index (χ1) is 19.0. The zero-order valence-corrected chi connectivity index (χ0v) is 24.6. The average molecular weight is 566 g/mol. The van der Waals surface area contributed by atoms with Gasteiger partial charge in [-0.25, -0.2) is 8.42 Å². The van der Waals surface area contributed by atoms with Crippen molar-refractivity contribution in [3.05, 3.63) is 90.0 Å². The number of methoxy groups -OCH3 is 1. The van der Waals surface area contributed by atoms with E-state index in [0.717, 1.165) is 15.4 Å². The van der Waals surface area contributed by atoms with Gasteiger partial charge in [-0.1, -0.05) is 67.9 Å². The third-order valence-electron chi connectivity index (χ3n) is 6.57. The Hall–Kier alpha value is -3.85. The largest absolute Gasteiger partial charge is 0.497 e. The highest BCUT2D eigenvalue weighted by molar-refractivity contribution is 7.92. The van der Waals surface area contributed by atoms with Crippen LogP contribution in [-0.4, -0.2) is 57.9 Å². The van der Waals surface area contributed by atoms with Crippen LogP contribution in [0.4, 0.5) is 5.69 Å². The number of anilines is 1. The fraction of sp³-hybridized carbons (Fsp3) is 0.355. The lowest BCUT2D eigenvalue weighted by molar-refractivity contribution is -0.138. The zero-order valence-electron chi connectivity index (χ0n) is 23.8. The molecule has 9 heteroatoms. The van der Waals surface area contributed by atoms with E-state index in [1.54, 1.807) is 43.3 Å². The number of sulfonamides is 1. The molecule has 3 aromatic rings. The highest BCUT2D eigenvalue weighted by atomic mass is 32.2. The minimum atomic E-state index is -4.13. The van der Waals surface area contributed by atoms with Gasteiger partial charge in [-0.05, 0) is 56.0 Å². The Morgan fingerprint density at radius 1 is 0.925 bits per heavy atom. The van der Waals surface area contributed by atoms with Crippen LogP contribution in [0.5, 0.6) is 5.75 Å². The van der Waals surface area contributed by atoms with Crippen molar-refractivity contribution >= 4 is 27.5 Å². The number of carbonyl (C=O) groups is 2. The van der Waals surface area contributed by atoms with Gasteiger partial charge in [0.15, 0.2) is 0 Å². The highest BCUT2D eigenvalue weighted by Crippen LogP contribution is 2.27. The Labute approximate surface area is 238 Å². The zero-order chi connectivity index (χ0) is 29.3. The molecule has 0 unspecified atom stereocenters. The third-order valence-corrected chi connectivity index (χ3v) is 8.35. The molecule has 0 fully saturated rings. The van der Waals surface area contributed by atoms with Crippen LogP contribution >= 0.6 is 0 Å². The molecular weight excluding hydrogens is 526 g/mol. The summed E-state index contributed by atoms with van der Waals surface area (Å²) in [5.41, 5.74) is 2.21. The van der Waals surface area contributed by atoms with E-state index in [1.807, 2.05) is 51.1 Å². The molecule has 0 saturated heterocycles. The number of carbonyl (C=O) groups excluding carboxylic acids is 2. The lowest BCUT2D eigenvalue weighted by Crippen LogP contribution is -2.52. The van der Waals surface area contributed by atoms with E-state index in [4.69, 9.17) is 4.74 Å². The molecule has 214 valence electrons. The Morgan fingerprint density at radius 2 is 1.60 bits per heavy atom. The van der Waals surface area contributed by atoms with Gasteiger partial charge in [0.1, 0.15) is 18.3 Å². The maximum atomic E-state index is 13.9. The van der Waals surface area contributed by atoms with Crippen LogP contribution in [-0.2, 0) is 26.0 Å². The van der Waals surface area contributed by atoms with E-state index >= 15 is 0 Å². The number of nitrogens with zero attached hydrogens (tertiary/aromatic N) is 2. The smallest absolute Gasteiger partial charge is 0.264 e. The summed E-state index contributed by atoms with van der Waals surface area (Å²) >= 11 is 0. The SMILES string of the molecule is COc1cccc(N(CC(=O)N(CCc2ccccc2)[C@H](C)C(=O)NCC(C)C)S(=O)(=O)c2ccc(C)cc2)c1. The molecule has 0 bridgehead atoms. The molecule has 0 aromatic heterocycles. The molecule has 8 nitrogen and oxygen atoms in total. The molecule has 2 amide bonds. The van der Waals surface area contributed by atoms with Crippen molar-refractivity contribution in [2.24, 2.45) is 5.92 Å². The number of rotatable bonds is 13. The fourth-order valence-corrected chi connectivity index (χ4v) is 5.56. The van der Waals surface area contributed by atoms with Crippen LogP contribution in [0.2, 0.25) is 0 Å². The van der Waals surface area contributed by atoms with Gasteiger partial charge in [-0.15, -0.1) is 0 Å². The second kappa shape index (κ2) is 14.0. The van der Waals surface area contributed by atoms with Crippen LogP contribution in [0, 0.1) is 12.8 Å². The molecule has 0 radical (unpaired) electrons. The van der Waals surface area contributed by atoms with Gasteiger partial charge in [-0.3, -0.25) is 13.9 Å². The van der Waals surface area contributed by atoms with Crippen molar-refractivity contribution < 1.29 is 22.7 Å². The van der Waals surface area contributed by atoms with Gasteiger partial charge < -0.3 is 15.0 Å². The maximum absolute atomic E-state index is 13.9. The molecule has 0 spiro atoms. The summed E-state index contributed by atoms with van der Waals surface area (Å²) in [6.45, 7) is 7.76. The summed E-state index contributed by atoms with van der Waals surface area (Å²) in [6.07, 6.45) is 0.512. The Bertz CT molecular complexity index is 1380. The van der Waals surface area contributed by atoms with Crippen LogP contribution in [0.3, 0.4) is 0 Å². The summed E-state index contributed by atoms with van der Waals surface area (Å²) in [5, 5.41) is 2.90. The third kappa shape index (κ3) is 8.08. The fourth-order valence-electron chi connectivity index (χ4n) is 4.15. The molecule has 3 aromatic carbocycles. The van der Waals surface area contributed by atoms with Gasteiger partial charge in [0, 0.05) is 19.2 Å². The second-order valence-corrected chi connectivity index (χ2v) is 12.0. The van der Waals surface area contributed by atoms with Gasteiger partial charge in [0.25, 0.3) is 10.0 Å². The Balaban J connectivity index is 1.98. The average Bonchev–Trinajstić information content (AvgIpc) is 2.95. The molecule has 0 aliphatic rings. The standard InChI is InChI=1S/C31H39N3O5S/c1-23(2)21-32-31(36)25(4)33(19-18-26-10-7-6-8-11-26)30(35)22-34(27-12-9-13-28(20-27)39-5)40(37,38)29-16-14-24(3)15-17-29/h6-17,20,23,25H,18-19,21-22H2,1-5H3,(H,32,36)/t25-/m1/s1. The van der Waals surface area contributed by atoms with E-state index in [2.05, 4.69) is 5.32 Å². The number of amides is 2. The summed E-state index contributed by atoms with van der Waals surface area (Å²) < 4.78 is 34.2. The van der Waals surface area contributed by atoms with Crippen LogP contribution in [0.25, 0.3) is 0 Å². The molecule has 0 aliphatic heterocycles. The number of hydrogen-bond donors (Lipinski definition) is 1. The summed E-state index contributed by atoms with van der Waals surface area (Å²) in [5.74, 6) is -0.0738. The predicted octanol–water partition coefficient (Wildman–Crippen LogP) is 4.43. The van der Waals surface area contributed by atoms with Crippen LogP contribution in [0.15, 0.2) is 83.8 Å². The van der Waals surface area contributed by atoms with Gasteiger partial charge in [0.05, 0.1) is 17.7 Å². The molecule has 40 heavy (non-hydrogen) atoms. The van der Waals surface area contributed by atoms with E-state index < -0.39 is 28.5 Å². The molecule has 1 N–H and O–H groups in total. The van der Waals surface area contributed by atoms with Gasteiger partial charge >= 0.3 is 0 Å². The van der Waals surface area contributed by atoms with E-state index in [-0.39, 0.29) is 29.0 Å². The van der Waals surface area contributed by atoms with Crippen molar-refractivity contribution in [3.8, 4) is 5.75 Å². The number of ether oxygens (including phenoxy) is 1. The van der Waals surface area contributed by atoms with Crippen molar-refractivity contribution in [3.63, 3.8) is 0 Å². The van der Waals surface area contributed by atoms with Gasteiger partial charge in [0.2, 0.25) is 11.8 Å². The lowest BCUT2D eigenvalue weighted by Gasteiger charge is -2.32. The first kappa shape index (κ1) is 30.7. The lowest BCUT2D eigenvalue weighted by atomic mass is 10.1. The quantitative estimate of drug-likeness (QED) is 0.331. The normalized spacial score (nSPS) is 12.1. The first-order valence-electron chi connectivity index (χ1n) is 13.4. The molecule has 0 heterocycles. The highest BCUT2D eigenvalue weighted by Gasteiger charge is 2.32. The van der Waals surface area contributed by atoms with Crippen molar-refractivity contribution in [1.82, 2.24) is 10.2 Å². The monoisotopic (exact) mass is 565 g/mol. The summed E-state index contributed by atoms with van der Waals surface area (Å²) in [4.78, 5) is 28.5. The summed E-state index contributed by atoms with van der Waals surface area (Å²) in [6, 6.07) is 21.9. The van der Waals surface area contributed by atoms with Crippen molar-refractivity contribution in [2.45, 2.75) is 45.1 Å². The molecule has 3 rings (SSSR count). The Kier molecular flexibility index (Phi) is 10.7. The van der Waals surface area contributed by atoms with Crippen LogP contribution < -0.4 is 14.4 Å². The van der Waals surface area contributed by atoms with Crippen molar-refractivity contribution in [2.75, 3.05) is 31.0 Å². The second-order valence-electron chi connectivity index (χ2n) is 10.2. The number of aryl methyl sites for hydroxylation is 1. The molecule has 0 aliphatic carbocycles. The minimum Gasteiger partial charge on any atom is -0.497 e. The van der Waals surface area contributed by atoms with E-state index in [0.29, 0.717) is 18.7 Å². The van der Waals surface area contributed by atoms with Gasteiger partial charge in [-0.2, -0.15) is 0 Å². The van der Waals surface area contributed by atoms with E-state index in [1.165, 1.54) is 24.1 Å². The number of hydrogen-bond acceptors (Lipinski definition) is 5. The topological polar surface area (TPSA) is 96.0 Å². The maximum Gasteiger partial charge on any atom is 0.264 e. The van der Waals surface area contributed by atoms with Crippen LogP contribution in [0.1, 0.15) is 31.9 Å². The molecule has 0 saturated carbocycles. The minimum absolute atomic E-state index is 0.0623. The summed E-state index contributed by atoms with van der Waals surface area (Å²) in [7, 11) is -2.64. The molecule has 1 atom stereocenters. The number of benzene rings is 3. The number of nitrogens with one attached hydrogen (secondary N) is 1.